The van der Waals surface area contributed by atoms with E-state index in [-0.39, 0.29) is 18.6 Å². The summed E-state index contributed by atoms with van der Waals surface area (Å²) in [5.74, 6) is 3.65. The van der Waals surface area contributed by atoms with E-state index in [1.165, 1.54) is 19.3 Å². The average Bonchev–Trinajstić information content (AvgIpc) is 3.31. The smallest absolute Gasteiger partial charge is 0.231 e. The van der Waals surface area contributed by atoms with Gasteiger partial charge in [-0.1, -0.05) is 6.07 Å². The molecule has 3 aliphatic rings. The molecule has 0 saturated carbocycles. The van der Waals surface area contributed by atoms with E-state index < -0.39 is 0 Å². The highest BCUT2D eigenvalue weighted by molar-refractivity contribution is 5.79. The first-order chi connectivity index (χ1) is 15.3. The lowest BCUT2D eigenvalue weighted by Crippen LogP contribution is -2.40. The minimum absolute atomic E-state index is 0.0358. The number of aromatic nitrogens is 2. The lowest BCUT2D eigenvalue weighted by molar-refractivity contribution is -0.125. The molecular formula is C23H29N5O3. The van der Waals surface area contributed by atoms with Crippen molar-refractivity contribution in [3.63, 3.8) is 0 Å². The van der Waals surface area contributed by atoms with Crippen LogP contribution < -0.4 is 24.6 Å². The van der Waals surface area contributed by atoms with Crippen LogP contribution in [0.15, 0.2) is 30.6 Å². The zero-order chi connectivity index (χ0) is 21.0. The molecule has 0 unspecified atom stereocenters. The predicted octanol–water partition coefficient (Wildman–Crippen LogP) is 2.73. The summed E-state index contributed by atoms with van der Waals surface area (Å²) < 4.78 is 10.7. The molecule has 8 heteroatoms. The summed E-state index contributed by atoms with van der Waals surface area (Å²) in [6.45, 7) is 4.57. The second-order valence-electron chi connectivity index (χ2n) is 8.45. The van der Waals surface area contributed by atoms with Crippen LogP contribution in [-0.2, 0) is 11.3 Å². The van der Waals surface area contributed by atoms with Gasteiger partial charge in [0.2, 0.25) is 12.7 Å². The van der Waals surface area contributed by atoms with Crippen molar-refractivity contribution in [2.45, 2.75) is 38.6 Å². The molecule has 1 aromatic heterocycles. The Morgan fingerprint density at radius 1 is 0.935 bits per heavy atom. The molecule has 2 aromatic rings. The number of hydrogen-bond donors (Lipinski definition) is 1. The molecule has 2 fully saturated rings. The van der Waals surface area contributed by atoms with Gasteiger partial charge in [-0.15, -0.1) is 0 Å². The number of fused-ring (bicyclic) bond motifs is 1. The van der Waals surface area contributed by atoms with Gasteiger partial charge >= 0.3 is 0 Å². The Kier molecular flexibility index (Phi) is 5.78. The van der Waals surface area contributed by atoms with Crippen molar-refractivity contribution in [1.29, 1.82) is 0 Å². The van der Waals surface area contributed by atoms with Crippen molar-refractivity contribution in [3.8, 4) is 11.5 Å². The van der Waals surface area contributed by atoms with E-state index in [9.17, 15) is 4.79 Å². The van der Waals surface area contributed by atoms with Crippen LogP contribution in [0.4, 0.5) is 11.6 Å². The number of carbonyl (C=O) groups excluding carboxylic acids is 1. The van der Waals surface area contributed by atoms with Crippen LogP contribution in [0.25, 0.3) is 0 Å². The maximum absolute atomic E-state index is 12.7. The minimum Gasteiger partial charge on any atom is -0.454 e. The van der Waals surface area contributed by atoms with Gasteiger partial charge in [-0.3, -0.25) is 4.79 Å². The Morgan fingerprint density at radius 3 is 2.42 bits per heavy atom. The number of rotatable bonds is 5. The second-order valence-corrected chi connectivity index (χ2v) is 8.45. The number of nitrogens with one attached hydrogen (secondary N) is 1. The van der Waals surface area contributed by atoms with Crippen LogP contribution >= 0.6 is 0 Å². The van der Waals surface area contributed by atoms with E-state index in [1.807, 2.05) is 18.2 Å². The number of ether oxygens (including phenoxy) is 2. The third-order valence-corrected chi connectivity index (χ3v) is 6.41. The van der Waals surface area contributed by atoms with E-state index in [2.05, 4.69) is 31.2 Å². The van der Waals surface area contributed by atoms with Gasteiger partial charge in [-0.2, -0.15) is 0 Å². The van der Waals surface area contributed by atoms with E-state index >= 15 is 0 Å². The quantitative estimate of drug-likeness (QED) is 0.792. The minimum atomic E-state index is 0.0358. The van der Waals surface area contributed by atoms with Crippen molar-refractivity contribution < 1.29 is 14.3 Å². The largest absolute Gasteiger partial charge is 0.454 e. The molecule has 3 aliphatic heterocycles. The van der Waals surface area contributed by atoms with E-state index in [1.54, 1.807) is 6.33 Å². The number of benzene rings is 1. The van der Waals surface area contributed by atoms with Gasteiger partial charge in [0.1, 0.15) is 18.0 Å². The molecule has 0 radical (unpaired) electrons. The van der Waals surface area contributed by atoms with Gasteiger partial charge in [-0.25, -0.2) is 9.97 Å². The Morgan fingerprint density at radius 2 is 1.65 bits per heavy atom. The number of anilines is 2. The maximum atomic E-state index is 12.7. The van der Waals surface area contributed by atoms with Crippen LogP contribution in [0.5, 0.6) is 11.5 Å². The summed E-state index contributed by atoms with van der Waals surface area (Å²) in [4.78, 5) is 26.3. The highest BCUT2D eigenvalue weighted by atomic mass is 16.7. The van der Waals surface area contributed by atoms with E-state index in [4.69, 9.17) is 9.47 Å². The molecule has 2 saturated heterocycles. The lowest BCUT2D eigenvalue weighted by atomic mass is 9.96. The van der Waals surface area contributed by atoms with E-state index in [0.29, 0.717) is 6.54 Å². The summed E-state index contributed by atoms with van der Waals surface area (Å²) in [7, 11) is 0. The van der Waals surface area contributed by atoms with Crippen LogP contribution in [0.1, 0.15) is 37.7 Å². The molecule has 0 spiro atoms. The summed E-state index contributed by atoms with van der Waals surface area (Å²) >= 11 is 0. The van der Waals surface area contributed by atoms with Gasteiger partial charge in [0, 0.05) is 44.7 Å². The molecule has 1 aromatic carbocycles. The average molecular weight is 424 g/mol. The lowest BCUT2D eigenvalue weighted by Gasteiger charge is -2.33. The molecule has 0 atom stereocenters. The third-order valence-electron chi connectivity index (χ3n) is 6.41. The Labute approximate surface area is 182 Å². The van der Waals surface area contributed by atoms with Crippen molar-refractivity contribution in [2.75, 3.05) is 42.8 Å². The van der Waals surface area contributed by atoms with Gasteiger partial charge < -0.3 is 24.6 Å². The monoisotopic (exact) mass is 423 g/mol. The molecule has 8 nitrogen and oxygen atoms in total. The van der Waals surface area contributed by atoms with Crippen LogP contribution in [-0.4, -0.2) is 48.8 Å². The molecular weight excluding hydrogens is 394 g/mol. The first kappa shape index (κ1) is 19.9. The number of piperidine rings is 2. The Bertz CT molecular complexity index is 923. The molecule has 0 aliphatic carbocycles. The van der Waals surface area contributed by atoms with Crippen molar-refractivity contribution >= 4 is 17.5 Å². The highest BCUT2D eigenvalue weighted by Crippen LogP contribution is 2.32. The van der Waals surface area contributed by atoms with Gasteiger partial charge in [0.15, 0.2) is 11.5 Å². The summed E-state index contributed by atoms with van der Waals surface area (Å²) in [5.41, 5.74) is 1.02. The standard InChI is InChI=1S/C23H29N5O3/c29-23(24-14-17-4-5-19-20(12-17)31-16-30-19)18-6-10-28(11-7-18)22-13-21(25-15-26-22)27-8-2-1-3-9-27/h4-5,12-13,15,18H,1-3,6-11,14,16H2,(H,24,29). The zero-order valence-corrected chi connectivity index (χ0v) is 17.8. The van der Waals surface area contributed by atoms with Crippen LogP contribution in [0.2, 0.25) is 0 Å². The summed E-state index contributed by atoms with van der Waals surface area (Å²) in [6.07, 6.45) is 7.09. The Balaban J connectivity index is 1.13. The van der Waals surface area contributed by atoms with Gasteiger partial charge in [0.05, 0.1) is 0 Å². The molecule has 0 bridgehead atoms. The first-order valence-corrected chi connectivity index (χ1v) is 11.2. The molecule has 5 rings (SSSR count). The molecule has 31 heavy (non-hydrogen) atoms. The first-order valence-electron chi connectivity index (χ1n) is 11.2. The number of hydrogen-bond acceptors (Lipinski definition) is 7. The fraction of sp³-hybridized carbons (Fsp3) is 0.522. The molecule has 164 valence electrons. The topological polar surface area (TPSA) is 79.8 Å². The summed E-state index contributed by atoms with van der Waals surface area (Å²) in [5, 5.41) is 3.08. The highest BCUT2D eigenvalue weighted by Gasteiger charge is 2.26. The number of nitrogens with zero attached hydrogens (tertiary/aromatic N) is 4. The molecule has 1 N–H and O–H groups in total. The number of carbonyl (C=O) groups is 1. The van der Waals surface area contributed by atoms with Gasteiger partial charge in [-0.05, 0) is 49.8 Å². The van der Waals surface area contributed by atoms with Crippen molar-refractivity contribution in [2.24, 2.45) is 5.92 Å². The second kappa shape index (κ2) is 8.99. The van der Waals surface area contributed by atoms with Crippen molar-refractivity contribution in [3.05, 3.63) is 36.2 Å². The van der Waals surface area contributed by atoms with Crippen LogP contribution in [0, 0.1) is 5.92 Å². The van der Waals surface area contributed by atoms with Gasteiger partial charge in [0.25, 0.3) is 0 Å². The third kappa shape index (κ3) is 4.52. The fourth-order valence-corrected chi connectivity index (χ4v) is 4.56. The fourth-order valence-electron chi connectivity index (χ4n) is 4.56. The molecule has 1 amide bonds. The SMILES string of the molecule is O=C(NCc1ccc2c(c1)OCO2)C1CCN(c2cc(N3CCCCC3)ncn2)CC1. The maximum Gasteiger partial charge on any atom is 0.231 e. The van der Waals surface area contributed by atoms with Crippen LogP contribution in [0.3, 0.4) is 0 Å². The number of amides is 1. The van der Waals surface area contributed by atoms with Crippen molar-refractivity contribution in [1.82, 2.24) is 15.3 Å². The van der Waals surface area contributed by atoms with E-state index in [0.717, 1.165) is 67.7 Å². The summed E-state index contributed by atoms with van der Waals surface area (Å²) in [6, 6.07) is 7.89. The Hall–Kier alpha value is -3.03. The predicted molar refractivity (Wildman–Crippen MR) is 117 cm³/mol. The molecule has 4 heterocycles. The zero-order valence-electron chi connectivity index (χ0n) is 17.8. The normalized spacial score (nSPS) is 18.8.